The number of aryl methyl sites for hydroxylation is 1. The Bertz CT molecular complexity index is 504. The Labute approximate surface area is 108 Å². The van der Waals surface area contributed by atoms with E-state index in [1.807, 2.05) is 36.1 Å². The molecule has 2 rings (SSSR count). The molecule has 0 saturated heterocycles. The second-order valence-corrected chi connectivity index (χ2v) is 4.33. The summed E-state index contributed by atoms with van der Waals surface area (Å²) in [6.07, 6.45) is 2.81. The van der Waals surface area contributed by atoms with Crippen molar-refractivity contribution >= 4 is 11.4 Å². The molecule has 4 heteroatoms. The number of benzene rings is 1. The number of rotatable bonds is 5. The van der Waals surface area contributed by atoms with Gasteiger partial charge in [0.15, 0.2) is 0 Å². The molecule has 2 aromatic rings. The molecular formula is C14H20N4. The molecule has 0 atom stereocenters. The van der Waals surface area contributed by atoms with Crippen molar-refractivity contribution in [3.63, 3.8) is 0 Å². The number of nitrogen functional groups attached to an aromatic ring is 1. The average molecular weight is 244 g/mol. The van der Waals surface area contributed by atoms with Crippen molar-refractivity contribution in [1.82, 2.24) is 9.78 Å². The van der Waals surface area contributed by atoms with Crippen LogP contribution < -0.4 is 10.6 Å². The molecule has 1 aromatic heterocycles. The number of aromatic nitrogens is 2. The fourth-order valence-electron chi connectivity index (χ4n) is 2.12. The van der Waals surface area contributed by atoms with Gasteiger partial charge >= 0.3 is 0 Å². The zero-order chi connectivity index (χ0) is 13.0. The van der Waals surface area contributed by atoms with Crippen LogP contribution in [0.15, 0.2) is 36.5 Å². The Morgan fingerprint density at radius 3 is 2.67 bits per heavy atom. The van der Waals surface area contributed by atoms with Crippen molar-refractivity contribution < 1.29 is 0 Å². The van der Waals surface area contributed by atoms with Crippen LogP contribution >= 0.6 is 0 Å². The minimum Gasteiger partial charge on any atom is -0.397 e. The topological polar surface area (TPSA) is 47.1 Å². The van der Waals surface area contributed by atoms with Crippen molar-refractivity contribution in [1.29, 1.82) is 0 Å². The number of hydrogen-bond acceptors (Lipinski definition) is 3. The zero-order valence-corrected chi connectivity index (χ0v) is 11.0. The van der Waals surface area contributed by atoms with Gasteiger partial charge in [-0.25, -0.2) is 0 Å². The molecule has 96 valence electrons. The van der Waals surface area contributed by atoms with E-state index in [1.165, 1.54) is 5.69 Å². The first-order chi connectivity index (χ1) is 8.72. The number of anilines is 2. The lowest BCUT2D eigenvalue weighted by Crippen LogP contribution is -2.26. The van der Waals surface area contributed by atoms with E-state index in [9.17, 15) is 0 Å². The number of para-hydroxylation sites is 2. The Morgan fingerprint density at radius 2 is 2.06 bits per heavy atom. The summed E-state index contributed by atoms with van der Waals surface area (Å²) in [7, 11) is 1.97. The van der Waals surface area contributed by atoms with Crippen LogP contribution in [0, 0.1) is 0 Å². The van der Waals surface area contributed by atoms with Gasteiger partial charge in [-0.1, -0.05) is 12.1 Å². The normalized spacial score (nSPS) is 10.6. The minimum absolute atomic E-state index is 0.837. The quantitative estimate of drug-likeness (QED) is 0.819. The van der Waals surface area contributed by atoms with Gasteiger partial charge < -0.3 is 10.6 Å². The van der Waals surface area contributed by atoms with E-state index in [-0.39, 0.29) is 0 Å². The fraction of sp³-hybridized carbons (Fsp3) is 0.357. The van der Waals surface area contributed by atoms with Crippen LogP contribution in [0.5, 0.6) is 0 Å². The molecule has 0 saturated carbocycles. The summed E-state index contributed by atoms with van der Waals surface area (Å²) >= 11 is 0. The molecular weight excluding hydrogens is 224 g/mol. The van der Waals surface area contributed by atoms with Gasteiger partial charge in [0.2, 0.25) is 0 Å². The van der Waals surface area contributed by atoms with E-state index < -0.39 is 0 Å². The molecule has 0 aliphatic carbocycles. The van der Waals surface area contributed by atoms with Gasteiger partial charge in [0, 0.05) is 38.4 Å². The molecule has 2 N–H and O–H groups in total. The van der Waals surface area contributed by atoms with Gasteiger partial charge in [0.05, 0.1) is 11.4 Å². The maximum absolute atomic E-state index is 6.02. The molecule has 4 nitrogen and oxygen atoms in total. The molecule has 18 heavy (non-hydrogen) atoms. The average Bonchev–Trinajstić information content (AvgIpc) is 2.78. The monoisotopic (exact) mass is 244 g/mol. The molecule has 0 bridgehead atoms. The largest absolute Gasteiger partial charge is 0.397 e. The van der Waals surface area contributed by atoms with E-state index >= 15 is 0 Å². The van der Waals surface area contributed by atoms with Gasteiger partial charge in [-0.15, -0.1) is 0 Å². The minimum atomic E-state index is 0.837. The number of nitrogens with two attached hydrogens (primary N) is 1. The van der Waals surface area contributed by atoms with Crippen LogP contribution in [0.2, 0.25) is 0 Å². The third-order valence-electron chi connectivity index (χ3n) is 3.22. The van der Waals surface area contributed by atoms with Crippen LogP contribution in [0.25, 0.3) is 0 Å². The predicted molar refractivity (Wildman–Crippen MR) is 75.7 cm³/mol. The van der Waals surface area contributed by atoms with Crippen LogP contribution in [0.1, 0.15) is 12.6 Å². The van der Waals surface area contributed by atoms with E-state index in [0.717, 1.165) is 30.9 Å². The van der Waals surface area contributed by atoms with E-state index in [0.29, 0.717) is 0 Å². The van der Waals surface area contributed by atoms with Crippen LogP contribution in [0.3, 0.4) is 0 Å². The summed E-state index contributed by atoms with van der Waals surface area (Å²) in [6.45, 7) is 4.05. The van der Waals surface area contributed by atoms with Crippen molar-refractivity contribution in [2.75, 3.05) is 23.7 Å². The number of nitrogens with zero attached hydrogens (tertiary/aromatic N) is 3. The summed E-state index contributed by atoms with van der Waals surface area (Å²) < 4.78 is 1.92. The van der Waals surface area contributed by atoms with Gasteiger partial charge in [0.25, 0.3) is 0 Å². The Balaban J connectivity index is 2.07. The maximum Gasteiger partial charge on any atom is 0.0599 e. The first-order valence-corrected chi connectivity index (χ1v) is 6.28. The summed E-state index contributed by atoms with van der Waals surface area (Å²) in [5.74, 6) is 0. The van der Waals surface area contributed by atoms with Gasteiger partial charge in [-0.3, -0.25) is 4.68 Å². The van der Waals surface area contributed by atoms with Crippen molar-refractivity contribution in [3.8, 4) is 0 Å². The SMILES string of the molecule is CCN(CCc1ccnn1C)c1ccccc1N. The highest BCUT2D eigenvalue weighted by atomic mass is 15.3. The molecule has 0 unspecified atom stereocenters. The molecule has 0 amide bonds. The molecule has 1 aromatic carbocycles. The zero-order valence-electron chi connectivity index (χ0n) is 11.0. The van der Waals surface area contributed by atoms with Gasteiger partial charge in [-0.05, 0) is 25.1 Å². The van der Waals surface area contributed by atoms with Crippen LogP contribution in [-0.4, -0.2) is 22.9 Å². The lowest BCUT2D eigenvalue weighted by molar-refractivity contribution is 0.691. The summed E-state index contributed by atoms with van der Waals surface area (Å²) in [6, 6.07) is 10.1. The third-order valence-corrected chi connectivity index (χ3v) is 3.22. The van der Waals surface area contributed by atoms with Crippen molar-refractivity contribution in [2.24, 2.45) is 7.05 Å². The molecule has 0 radical (unpaired) electrons. The summed E-state index contributed by atoms with van der Waals surface area (Å²) in [4.78, 5) is 2.29. The Hall–Kier alpha value is -1.97. The maximum atomic E-state index is 6.02. The third kappa shape index (κ3) is 2.64. The highest BCUT2D eigenvalue weighted by molar-refractivity contribution is 5.67. The van der Waals surface area contributed by atoms with Crippen molar-refractivity contribution in [3.05, 3.63) is 42.2 Å². The van der Waals surface area contributed by atoms with Gasteiger partial charge in [-0.2, -0.15) is 5.10 Å². The molecule has 0 fully saturated rings. The lowest BCUT2D eigenvalue weighted by Gasteiger charge is -2.24. The summed E-state index contributed by atoms with van der Waals surface area (Å²) in [5, 5.41) is 4.18. The van der Waals surface area contributed by atoms with E-state index in [2.05, 4.69) is 29.1 Å². The highest BCUT2D eigenvalue weighted by Gasteiger charge is 2.08. The molecule has 0 spiro atoms. The number of likely N-dealkylation sites (N-methyl/N-ethyl adjacent to an activating group) is 1. The lowest BCUT2D eigenvalue weighted by atomic mass is 10.2. The van der Waals surface area contributed by atoms with Crippen LogP contribution in [-0.2, 0) is 13.5 Å². The Kier molecular flexibility index (Phi) is 3.87. The van der Waals surface area contributed by atoms with Crippen molar-refractivity contribution in [2.45, 2.75) is 13.3 Å². The Morgan fingerprint density at radius 1 is 1.28 bits per heavy atom. The molecule has 1 heterocycles. The first-order valence-electron chi connectivity index (χ1n) is 6.28. The summed E-state index contributed by atoms with van der Waals surface area (Å²) in [5.41, 5.74) is 9.21. The second kappa shape index (κ2) is 5.58. The van der Waals surface area contributed by atoms with Crippen LogP contribution in [0.4, 0.5) is 11.4 Å². The highest BCUT2D eigenvalue weighted by Crippen LogP contribution is 2.22. The molecule has 0 aliphatic heterocycles. The standard InChI is InChI=1S/C14H20N4/c1-3-18(14-7-5-4-6-13(14)15)11-9-12-8-10-16-17(12)2/h4-8,10H,3,9,11,15H2,1-2H3. The van der Waals surface area contributed by atoms with E-state index in [4.69, 9.17) is 5.73 Å². The predicted octanol–water partition coefficient (Wildman–Crippen LogP) is 2.07. The first kappa shape index (κ1) is 12.5. The second-order valence-electron chi connectivity index (χ2n) is 4.33. The smallest absolute Gasteiger partial charge is 0.0599 e. The molecule has 0 aliphatic rings. The van der Waals surface area contributed by atoms with E-state index in [1.54, 1.807) is 0 Å². The van der Waals surface area contributed by atoms with Gasteiger partial charge in [0.1, 0.15) is 0 Å². The fourth-order valence-corrected chi connectivity index (χ4v) is 2.12. The number of hydrogen-bond donors (Lipinski definition) is 1.